The highest BCUT2D eigenvalue weighted by molar-refractivity contribution is 5.78. The first-order chi connectivity index (χ1) is 7.94. The number of hydrogen-bond acceptors (Lipinski definition) is 2. The molecule has 0 atom stereocenters. The first-order valence-corrected chi connectivity index (χ1v) is 5.63. The van der Waals surface area contributed by atoms with Crippen molar-refractivity contribution in [2.75, 3.05) is 6.61 Å². The van der Waals surface area contributed by atoms with Crippen LogP contribution in [0, 0.1) is 5.82 Å². The van der Waals surface area contributed by atoms with E-state index in [1.54, 1.807) is 12.1 Å². The van der Waals surface area contributed by atoms with Crippen LogP contribution in [0.1, 0.15) is 27.2 Å². The van der Waals surface area contributed by atoms with E-state index in [-0.39, 0.29) is 23.8 Å². The molecule has 1 aromatic rings. The van der Waals surface area contributed by atoms with E-state index in [2.05, 4.69) is 5.32 Å². The van der Waals surface area contributed by atoms with Gasteiger partial charge in [-0.15, -0.1) is 0 Å². The minimum Gasteiger partial charge on any atom is -0.481 e. The van der Waals surface area contributed by atoms with Gasteiger partial charge in [0, 0.05) is 5.54 Å². The second-order valence-electron chi connectivity index (χ2n) is 4.50. The molecule has 0 aliphatic rings. The third-order valence-corrected chi connectivity index (χ3v) is 2.56. The number of para-hydroxylation sites is 1. The van der Waals surface area contributed by atoms with Crippen LogP contribution in [0.5, 0.6) is 5.75 Å². The van der Waals surface area contributed by atoms with Gasteiger partial charge in [0.15, 0.2) is 18.2 Å². The lowest BCUT2D eigenvalue weighted by Gasteiger charge is -2.24. The summed E-state index contributed by atoms with van der Waals surface area (Å²) in [6.07, 6.45) is 0.818. The van der Waals surface area contributed by atoms with E-state index in [0.29, 0.717) is 0 Å². The zero-order valence-corrected chi connectivity index (χ0v) is 10.4. The van der Waals surface area contributed by atoms with Crippen molar-refractivity contribution in [2.24, 2.45) is 0 Å². The summed E-state index contributed by atoms with van der Waals surface area (Å²) < 4.78 is 18.3. The smallest absolute Gasteiger partial charge is 0.258 e. The molecule has 0 saturated carbocycles. The monoisotopic (exact) mass is 239 g/mol. The van der Waals surface area contributed by atoms with E-state index in [0.717, 1.165) is 6.42 Å². The molecule has 1 amide bonds. The van der Waals surface area contributed by atoms with Crippen molar-refractivity contribution in [3.05, 3.63) is 30.1 Å². The van der Waals surface area contributed by atoms with Gasteiger partial charge in [-0.05, 0) is 32.4 Å². The van der Waals surface area contributed by atoms with Crippen LogP contribution < -0.4 is 10.1 Å². The maximum Gasteiger partial charge on any atom is 0.258 e. The van der Waals surface area contributed by atoms with Gasteiger partial charge >= 0.3 is 0 Å². The minimum atomic E-state index is -0.463. The molecule has 0 bridgehead atoms. The molecule has 0 aliphatic carbocycles. The predicted molar refractivity (Wildman–Crippen MR) is 64.4 cm³/mol. The van der Waals surface area contributed by atoms with Gasteiger partial charge in [0.25, 0.3) is 5.91 Å². The van der Waals surface area contributed by atoms with Crippen LogP contribution in [0.4, 0.5) is 4.39 Å². The molecular formula is C13H18FNO2. The quantitative estimate of drug-likeness (QED) is 0.857. The Balaban J connectivity index is 2.47. The molecule has 0 heterocycles. The number of carbonyl (C=O) groups is 1. The molecule has 0 aromatic heterocycles. The van der Waals surface area contributed by atoms with Crippen molar-refractivity contribution in [2.45, 2.75) is 32.7 Å². The molecule has 0 unspecified atom stereocenters. The molecule has 4 heteroatoms. The van der Waals surface area contributed by atoms with E-state index in [4.69, 9.17) is 4.74 Å². The second kappa shape index (κ2) is 5.66. The molecule has 0 saturated heterocycles. The Labute approximate surface area is 101 Å². The number of nitrogens with one attached hydrogen (secondary N) is 1. The van der Waals surface area contributed by atoms with E-state index < -0.39 is 5.82 Å². The highest BCUT2D eigenvalue weighted by atomic mass is 19.1. The average Bonchev–Trinajstić information content (AvgIpc) is 2.27. The first-order valence-electron chi connectivity index (χ1n) is 5.63. The maximum atomic E-state index is 13.2. The lowest BCUT2D eigenvalue weighted by Crippen LogP contribution is -2.44. The number of ether oxygens (including phenoxy) is 1. The summed E-state index contributed by atoms with van der Waals surface area (Å²) in [5.41, 5.74) is -0.268. The molecule has 0 spiro atoms. The Morgan fingerprint density at radius 3 is 2.65 bits per heavy atom. The van der Waals surface area contributed by atoms with Crippen molar-refractivity contribution in [1.29, 1.82) is 0 Å². The van der Waals surface area contributed by atoms with Crippen LogP contribution in [-0.2, 0) is 4.79 Å². The summed E-state index contributed by atoms with van der Waals surface area (Å²) in [6, 6.07) is 6.02. The molecule has 17 heavy (non-hydrogen) atoms. The molecular weight excluding hydrogens is 221 g/mol. The summed E-state index contributed by atoms with van der Waals surface area (Å²) >= 11 is 0. The number of benzene rings is 1. The summed E-state index contributed by atoms with van der Waals surface area (Å²) in [6.45, 7) is 5.66. The van der Waals surface area contributed by atoms with Crippen molar-refractivity contribution < 1.29 is 13.9 Å². The van der Waals surface area contributed by atoms with Gasteiger partial charge in [-0.3, -0.25) is 4.79 Å². The number of rotatable bonds is 5. The standard InChI is InChI=1S/C13H18FNO2/c1-4-13(2,3)15-12(16)9-17-11-8-6-5-7-10(11)14/h5-8H,4,9H2,1-3H3,(H,15,16). The number of halogens is 1. The molecule has 0 radical (unpaired) electrons. The van der Waals surface area contributed by atoms with Crippen LogP contribution in [0.25, 0.3) is 0 Å². The number of amides is 1. The molecule has 0 aliphatic heterocycles. The molecule has 0 fully saturated rings. The van der Waals surface area contributed by atoms with Crippen molar-refractivity contribution in [3.63, 3.8) is 0 Å². The third-order valence-electron chi connectivity index (χ3n) is 2.56. The molecule has 94 valence electrons. The Bertz CT molecular complexity index is 391. The lowest BCUT2D eigenvalue weighted by atomic mass is 10.0. The fourth-order valence-electron chi connectivity index (χ4n) is 1.21. The Hall–Kier alpha value is -1.58. The molecule has 1 rings (SSSR count). The zero-order valence-electron chi connectivity index (χ0n) is 10.4. The maximum absolute atomic E-state index is 13.2. The minimum absolute atomic E-state index is 0.0944. The topological polar surface area (TPSA) is 38.3 Å². The summed E-state index contributed by atoms with van der Waals surface area (Å²) in [5.74, 6) is -0.618. The highest BCUT2D eigenvalue weighted by Crippen LogP contribution is 2.15. The van der Waals surface area contributed by atoms with Crippen LogP contribution in [0.2, 0.25) is 0 Å². The van der Waals surface area contributed by atoms with E-state index in [1.165, 1.54) is 12.1 Å². The average molecular weight is 239 g/mol. The van der Waals surface area contributed by atoms with Gasteiger partial charge in [-0.2, -0.15) is 0 Å². The summed E-state index contributed by atoms with van der Waals surface area (Å²) in [4.78, 5) is 11.5. The van der Waals surface area contributed by atoms with Gasteiger partial charge in [0.1, 0.15) is 0 Å². The van der Waals surface area contributed by atoms with Gasteiger partial charge in [0.05, 0.1) is 0 Å². The van der Waals surface area contributed by atoms with Crippen LogP contribution >= 0.6 is 0 Å². The van der Waals surface area contributed by atoms with Crippen LogP contribution in [-0.4, -0.2) is 18.1 Å². The fourth-order valence-corrected chi connectivity index (χ4v) is 1.21. The Morgan fingerprint density at radius 2 is 2.06 bits per heavy atom. The number of hydrogen-bond donors (Lipinski definition) is 1. The SMILES string of the molecule is CCC(C)(C)NC(=O)COc1ccccc1F. The summed E-state index contributed by atoms with van der Waals surface area (Å²) in [7, 11) is 0. The Morgan fingerprint density at radius 1 is 1.41 bits per heavy atom. The van der Waals surface area contributed by atoms with E-state index in [9.17, 15) is 9.18 Å². The molecule has 1 N–H and O–H groups in total. The largest absolute Gasteiger partial charge is 0.481 e. The normalized spacial score (nSPS) is 11.1. The second-order valence-corrected chi connectivity index (χ2v) is 4.50. The van der Waals surface area contributed by atoms with Crippen LogP contribution in [0.3, 0.4) is 0 Å². The highest BCUT2D eigenvalue weighted by Gasteiger charge is 2.18. The van der Waals surface area contributed by atoms with Gasteiger partial charge in [-0.1, -0.05) is 19.1 Å². The Kier molecular flexibility index (Phi) is 4.49. The van der Waals surface area contributed by atoms with Crippen molar-refractivity contribution in [3.8, 4) is 5.75 Å². The van der Waals surface area contributed by atoms with E-state index >= 15 is 0 Å². The molecule has 3 nitrogen and oxygen atoms in total. The third kappa shape index (κ3) is 4.43. The van der Waals surface area contributed by atoms with E-state index in [1.807, 2.05) is 20.8 Å². The van der Waals surface area contributed by atoms with Gasteiger partial charge < -0.3 is 10.1 Å². The lowest BCUT2D eigenvalue weighted by molar-refractivity contribution is -0.124. The number of carbonyl (C=O) groups excluding carboxylic acids is 1. The van der Waals surface area contributed by atoms with Crippen molar-refractivity contribution in [1.82, 2.24) is 5.32 Å². The van der Waals surface area contributed by atoms with Crippen LogP contribution in [0.15, 0.2) is 24.3 Å². The van der Waals surface area contributed by atoms with Crippen molar-refractivity contribution >= 4 is 5.91 Å². The summed E-state index contributed by atoms with van der Waals surface area (Å²) in [5, 5.41) is 2.81. The molecule has 1 aromatic carbocycles. The first kappa shape index (κ1) is 13.5. The predicted octanol–water partition coefficient (Wildman–Crippen LogP) is 2.51. The zero-order chi connectivity index (χ0) is 12.9. The van der Waals surface area contributed by atoms with Gasteiger partial charge in [-0.25, -0.2) is 4.39 Å². The fraction of sp³-hybridized carbons (Fsp3) is 0.462. The van der Waals surface area contributed by atoms with Gasteiger partial charge in [0.2, 0.25) is 0 Å².